The zero-order valence-corrected chi connectivity index (χ0v) is 11.0. The molecule has 1 fully saturated rings. The van der Waals surface area contributed by atoms with Gasteiger partial charge < -0.3 is 10.2 Å². The number of nitrogens with zero attached hydrogens (tertiary/aromatic N) is 1. The monoisotopic (exact) mass is 244 g/mol. The van der Waals surface area contributed by atoms with Gasteiger partial charge in [0.2, 0.25) is 11.8 Å². The van der Waals surface area contributed by atoms with Gasteiger partial charge in [0.1, 0.15) is 6.04 Å². The zero-order valence-electron chi connectivity index (χ0n) is 10.2. The molecule has 0 aliphatic carbocycles. The molecule has 0 aromatic heterocycles. The Hall–Kier alpha value is -0.710. The van der Waals surface area contributed by atoms with Gasteiger partial charge in [-0.3, -0.25) is 9.59 Å². The summed E-state index contributed by atoms with van der Waals surface area (Å²) in [5.74, 6) is 1.04. The van der Waals surface area contributed by atoms with E-state index >= 15 is 0 Å². The third kappa shape index (κ3) is 2.90. The molecule has 1 aliphatic heterocycles. The van der Waals surface area contributed by atoms with Gasteiger partial charge in [0.05, 0.1) is 6.54 Å². The SMILES string of the molecule is CCC1C(=O)NCC(=O)N1C(C)CCSC. The Morgan fingerprint density at radius 3 is 2.81 bits per heavy atom. The van der Waals surface area contributed by atoms with Crippen LogP contribution in [0.15, 0.2) is 0 Å². The number of thioether (sulfide) groups is 1. The molecule has 16 heavy (non-hydrogen) atoms. The van der Waals surface area contributed by atoms with Crippen molar-refractivity contribution in [3.05, 3.63) is 0 Å². The third-order valence-electron chi connectivity index (χ3n) is 2.94. The number of carbonyl (C=O) groups excluding carboxylic acids is 2. The molecule has 1 rings (SSSR count). The largest absolute Gasteiger partial charge is 0.345 e. The van der Waals surface area contributed by atoms with E-state index in [4.69, 9.17) is 0 Å². The van der Waals surface area contributed by atoms with E-state index in [9.17, 15) is 9.59 Å². The fraction of sp³-hybridized carbons (Fsp3) is 0.818. The summed E-state index contributed by atoms with van der Waals surface area (Å²) in [5.41, 5.74) is 0. The summed E-state index contributed by atoms with van der Waals surface area (Å²) in [6.45, 7) is 4.12. The maximum atomic E-state index is 11.8. The summed E-state index contributed by atoms with van der Waals surface area (Å²) >= 11 is 1.77. The smallest absolute Gasteiger partial charge is 0.243 e. The van der Waals surface area contributed by atoms with Crippen molar-refractivity contribution >= 4 is 23.6 Å². The highest BCUT2D eigenvalue weighted by Gasteiger charge is 2.35. The van der Waals surface area contributed by atoms with Crippen molar-refractivity contribution in [1.29, 1.82) is 0 Å². The predicted molar refractivity (Wildman–Crippen MR) is 66.4 cm³/mol. The molecular weight excluding hydrogens is 224 g/mol. The van der Waals surface area contributed by atoms with Crippen molar-refractivity contribution in [2.75, 3.05) is 18.6 Å². The van der Waals surface area contributed by atoms with Gasteiger partial charge in [-0.05, 0) is 31.8 Å². The van der Waals surface area contributed by atoms with Crippen molar-refractivity contribution in [2.45, 2.75) is 38.8 Å². The van der Waals surface area contributed by atoms with E-state index in [0.717, 1.165) is 12.2 Å². The fourth-order valence-corrected chi connectivity index (χ4v) is 2.61. The molecule has 2 unspecified atom stereocenters. The molecule has 2 amide bonds. The molecule has 1 heterocycles. The molecule has 5 heteroatoms. The maximum absolute atomic E-state index is 11.8. The van der Waals surface area contributed by atoms with Gasteiger partial charge in [0.25, 0.3) is 0 Å². The molecule has 92 valence electrons. The topological polar surface area (TPSA) is 49.4 Å². The van der Waals surface area contributed by atoms with Crippen molar-refractivity contribution < 1.29 is 9.59 Å². The van der Waals surface area contributed by atoms with Crippen molar-refractivity contribution in [3.8, 4) is 0 Å². The molecule has 1 N–H and O–H groups in total. The molecular formula is C11H20N2O2S. The number of hydrogen-bond donors (Lipinski definition) is 1. The Labute approximate surface area is 101 Å². The van der Waals surface area contributed by atoms with Crippen molar-refractivity contribution in [2.24, 2.45) is 0 Å². The minimum atomic E-state index is -0.280. The van der Waals surface area contributed by atoms with Crippen LogP contribution in [0.3, 0.4) is 0 Å². The number of hydrogen-bond acceptors (Lipinski definition) is 3. The lowest BCUT2D eigenvalue weighted by Crippen LogP contribution is -2.60. The summed E-state index contributed by atoms with van der Waals surface area (Å²) in [6, 6.07) is -0.131. The highest BCUT2D eigenvalue weighted by Crippen LogP contribution is 2.16. The second-order valence-electron chi connectivity index (χ2n) is 4.07. The van der Waals surface area contributed by atoms with E-state index in [1.807, 2.05) is 13.8 Å². The minimum absolute atomic E-state index is 0.0156. The predicted octanol–water partition coefficient (Wildman–Crippen LogP) is 0.865. The van der Waals surface area contributed by atoms with Gasteiger partial charge >= 0.3 is 0 Å². The lowest BCUT2D eigenvalue weighted by Gasteiger charge is -2.38. The molecule has 0 aromatic carbocycles. The normalized spacial score (nSPS) is 23.2. The van der Waals surface area contributed by atoms with E-state index in [0.29, 0.717) is 6.42 Å². The molecule has 4 nitrogen and oxygen atoms in total. The first-order chi connectivity index (χ1) is 7.61. The van der Waals surface area contributed by atoms with E-state index in [1.165, 1.54) is 0 Å². The van der Waals surface area contributed by atoms with Crippen molar-refractivity contribution in [3.63, 3.8) is 0 Å². The van der Waals surface area contributed by atoms with Crippen LogP contribution in [0.2, 0.25) is 0 Å². The van der Waals surface area contributed by atoms with Crippen LogP contribution in [0.25, 0.3) is 0 Å². The van der Waals surface area contributed by atoms with Crippen LogP contribution < -0.4 is 5.32 Å². The highest BCUT2D eigenvalue weighted by atomic mass is 32.2. The van der Waals surface area contributed by atoms with Gasteiger partial charge in [-0.2, -0.15) is 11.8 Å². The number of nitrogens with one attached hydrogen (secondary N) is 1. The fourth-order valence-electron chi connectivity index (χ4n) is 2.03. The number of piperazine rings is 1. The summed E-state index contributed by atoms with van der Waals surface area (Å²) in [7, 11) is 0. The molecule has 1 aliphatic rings. The Kier molecular flexibility index (Phi) is 5.12. The van der Waals surface area contributed by atoms with Crippen LogP contribution in [-0.2, 0) is 9.59 Å². The first-order valence-corrected chi connectivity index (χ1v) is 7.09. The molecule has 0 radical (unpaired) electrons. The minimum Gasteiger partial charge on any atom is -0.345 e. The van der Waals surface area contributed by atoms with Gasteiger partial charge in [0.15, 0.2) is 0 Å². The Morgan fingerprint density at radius 2 is 2.25 bits per heavy atom. The quantitative estimate of drug-likeness (QED) is 0.780. The lowest BCUT2D eigenvalue weighted by molar-refractivity contribution is -0.148. The molecule has 0 aromatic rings. The zero-order chi connectivity index (χ0) is 12.1. The van der Waals surface area contributed by atoms with E-state index in [2.05, 4.69) is 11.6 Å². The van der Waals surface area contributed by atoms with E-state index < -0.39 is 0 Å². The summed E-state index contributed by atoms with van der Waals surface area (Å²) in [4.78, 5) is 25.2. The number of carbonyl (C=O) groups is 2. The van der Waals surface area contributed by atoms with Gasteiger partial charge in [0, 0.05) is 6.04 Å². The van der Waals surface area contributed by atoms with Gasteiger partial charge in [-0.25, -0.2) is 0 Å². The summed E-state index contributed by atoms with van der Waals surface area (Å²) < 4.78 is 0. The average molecular weight is 244 g/mol. The average Bonchev–Trinajstić information content (AvgIpc) is 2.28. The highest BCUT2D eigenvalue weighted by molar-refractivity contribution is 7.98. The Bertz CT molecular complexity index is 271. The van der Waals surface area contributed by atoms with Gasteiger partial charge in [-0.1, -0.05) is 6.92 Å². The lowest BCUT2D eigenvalue weighted by atomic mass is 10.1. The van der Waals surface area contributed by atoms with Crippen molar-refractivity contribution in [1.82, 2.24) is 10.2 Å². The summed E-state index contributed by atoms with van der Waals surface area (Å²) in [5, 5.41) is 2.64. The van der Waals surface area contributed by atoms with Crippen LogP contribution in [0.5, 0.6) is 0 Å². The molecule has 0 saturated carbocycles. The third-order valence-corrected chi connectivity index (χ3v) is 3.59. The van der Waals surface area contributed by atoms with Crippen LogP contribution >= 0.6 is 11.8 Å². The number of rotatable bonds is 5. The maximum Gasteiger partial charge on any atom is 0.243 e. The second kappa shape index (κ2) is 6.13. The van der Waals surface area contributed by atoms with Crippen LogP contribution in [0, 0.1) is 0 Å². The summed E-state index contributed by atoms with van der Waals surface area (Å²) in [6.07, 6.45) is 3.67. The van der Waals surface area contributed by atoms with Crippen LogP contribution in [-0.4, -0.2) is 47.4 Å². The molecule has 0 bridgehead atoms. The van der Waals surface area contributed by atoms with Gasteiger partial charge in [-0.15, -0.1) is 0 Å². The molecule has 0 spiro atoms. The molecule has 2 atom stereocenters. The molecule has 1 saturated heterocycles. The van der Waals surface area contributed by atoms with E-state index in [-0.39, 0.29) is 30.4 Å². The Morgan fingerprint density at radius 1 is 1.56 bits per heavy atom. The Balaban J connectivity index is 2.71. The first kappa shape index (κ1) is 13.4. The van der Waals surface area contributed by atoms with Crippen LogP contribution in [0.4, 0.5) is 0 Å². The standard InChI is InChI=1S/C11H20N2O2S/c1-4-9-11(15)12-7-10(14)13(9)8(2)5-6-16-3/h8-9H,4-7H2,1-3H3,(H,12,15). The van der Waals surface area contributed by atoms with Crippen LogP contribution in [0.1, 0.15) is 26.7 Å². The second-order valence-corrected chi connectivity index (χ2v) is 5.06. The number of amides is 2. The first-order valence-electron chi connectivity index (χ1n) is 5.69. The van der Waals surface area contributed by atoms with E-state index in [1.54, 1.807) is 16.7 Å².